The normalized spacial score (nSPS) is 19.4. The van der Waals surface area contributed by atoms with Gasteiger partial charge in [0, 0.05) is 12.1 Å². The van der Waals surface area contributed by atoms with Crippen LogP contribution < -0.4 is 9.47 Å². The molecule has 1 fully saturated rings. The highest BCUT2D eigenvalue weighted by Crippen LogP contribution is 2.36. The van der Waals surface area contributed by atoms with Crippen molar-refractivity contribution < 1.29 is 28.5 Å². The van der Waals surface area contributed by atoms with E-state index in [1.165, 1.54) is 19.2 Å². The molecule has 0 radical (unpaired) electrons. The zero-order valence-corrected chi connectivity index (χ0v) is 16.1. The smallest absolute Gasteiger partial charge is 0.254 e. The van der Waals surface area contributed by atoms with Crippen LogP contribution in [0.25, 0.3) is 0 Å². The van der Waals surface area contributed by atoms with Gasteiger partial charge in [-0.2, -0.15) is 0 Å². The number of hydrogen-bond acceptors (Lipinski definition) is 5. The number of hydrogen-bond donors (Lipinski definition) is 1. The van der Waals surface area contributed by atoms with Gasteiger partial charge in [0.2, 0.25) is 0 Å². The van der Waals surface area contributed by atoms with Gasteiger partial charge in [0.05, 0.1) is 33.5 Å². The molecule has 0 aromatic heterocycles. The number of aryl methyl sites for hydroxylation is 1. The van der Waals surface area contributed by atoms with Gasteiger partial charge in [-0.3, -0.25) is 4.79 Å². The molecule has 1 heterocycles. The number of aliphatic hydroxyl groups is 1. The monoisotopic (exact) mass is 389 g/mol. The number of carbonyl (C=O) groups excluding carboxylic acids is 1. The number of halogens is 1. The predicted octanol–water partition coefficient (Wildman–Crippen LogP) is 2.73. The van der Waals surface area contributed by atoms with Gasteiger partial charge >= 0.3 is 0 Å². The van der Waals surface area contributed by atoms with Gasteiger partial charge in [-0.25, -0.2) is 4.39 Å². The topological polar surface area (TPSA) is 68.2 Å². The van der Waals surface area contributed by atoms with Crippen molar-refractivity contribution in [2.45, 2.75) is 19.1 Å². The van der Waals surface area contributed by atoms with Gasteiger partial charge in [-0.1, -0.05) is 12.1 Å². The van der Waals surface area contributed by atoms with Crippen LogP contribution in [0.3, 0.4) is 0 Å². The van der Waals surface area contributed by atoms with Crippen LogP contribution in [-0.4, -0.2) is 56.0 Å². The molecule has 0 saturated carbocycles. The average molecular weight is 389 g/mol. The number of ether oxygens (including phenoxy) is 3. The van der Waals surface area contributed by atoms with E-state index in [2.05, 4.69) is 0 Å². The first-order valence-electron chi connectivity index (χ1n) is 9.01. The molecule has 1 aliphatic rings. The zero-order valence-electron chi connectivity index (χ0n) is 16.1. The van der Waals surface area contributed by atoms with Crippen LogP contribution in [0, 0.1) is 12.7 Å². The molecule has 6 nitrogen and oxygen atoms in total. The minimum absolute atomic E-state index is 0.259. The molecule has 1 saturated heterocycles. The second kappa shape index (κ2) is 8.58. The van der Waals surface area contributed by atoms with Crippen LogP contribution in [0.4, 0.5) is 4.39 Å². The van der Waals surface area contributed by atoms with Crippen molar-refractivity contribution in [2.75, 3.05) is 34.0 Å². The van der Waals surface area contributed by atoms with E-state index in [0.717, 1.165) is 5.56 Å². The van der Waals surface area contributed by atoms with E-state index < -0.39 is 18.0 Å². The van der Waals surface area contributed by atoms with Crippen molar-refractivity contribution in [3.63, 3.8) is 0 Å². The third kappa shape index (κ3) is 3.81. The molecular weight excluding hydrogens is 365 g/mol. The van der Waals surface area contributed by atoms with Crippen LogP contribution in [0.2, 0.25) is 0 Å². The molecule has 0 bridgehead atoms. The zero-order chi connectivity index (χ0) is 20.3. The standard InChI is InChI=1S/C21H24FNO5/c1-13-4-6-15(22)11-16(13)21(25)23-8-9-28-19(12-24)20(23)14-5-7-17(26-2)18(10-14)27-3/h4-7,10-11,19-20,24H,8-9,12H2,1-3H3/t19-,20-/m1/s1. The third-order valence-electron chi connectivity index (χ3n) is 4.97. The number of aliphatic hydroxyl groups excluding tert-OH is 1. The molecule has 0 unspecified atom stereocenters. The number of methoxy groups -OCH3 is 2. The first-order valence-corrected chi connectivity index (χ1v) is 9.01. The van der Waals surface area contributed by atoms with E-state index in [9.17, 15) is 14.3 Å². The fourth-order valence-electron chi connectivity index (χ4n) is 3.52. The molecule has 150 valence electrons. The van der Waals surface area contributed by atoms with E-state index in [4.69, 9.17) is 14.2 Å². The Morgan fingerprint density at radius 2 is 1.96 bits per heavy atom. The molecule has 1 aliphatic heterocycles. The van der Waals surface area contributed by atoms with Crippen molar-refractivity contribution in [3.8, 4) is 11.5 Å². The summed E-state index contributed by atoms with van der Waals surface area (Å²) in [5, 5.41) is 9.84. The maximum absolute atomic E-state index is 13.8. The lowest BCUT2D eigenvalue weighted by Crippen LogP contribution is -2.49. The Morgan fingerprint density at radius 1 is 1.21 bits per heavy atom. The minimum Gasteiger partial charge on any atom is -0.493 e. The van der Waals surface area contributed by atoms with Crippen molar-refractivity contribution >= 4 is 5.91 Å². The number of benzene rings is 2. The van der Waals surface area contributed by atoms with Gasteiger partial charge in [-0.05, 0) is 42.3 Å². The minimum atomic E-state index is -0.607. The summed E-state index contributed by atoms with van der Waals surface area (Å²) in [6.45, 7) is 2.12. The number of rotatable bonds is 5. The summed E-state index contributed by atoms with van der Waals surface area (Å²) in [5.41, 5.74) is 1.72. The van der Waals surface area contributed by atoms with E-state index in [1.807, 2.05) is 6.07 Å². The van der Waals surface area contributed by atoms with Crippen molar-refractivity contribution in [1.82, 2.24) is 4.90 Å². The molecule has 0 spiro atoms. The lowest BCUT2D eigenvalue weighted by atomic mass is 9.96. The van der Waals surface area contributed by atoms with Crippen LogP contribution >= 0.6 is 0 Å². The molecule has 2 aromatic carbocycles. The summed E-state index contributed by atoms with van der Waals surface area (Å²) < 4.78 is 30.1. The van der Waals surface area contributed by atoms with E-state index in [-0.39, 0.29) is 19.1 Å². The van der Waals surface area contributed by atoms with Crippen molar-refractivity contribution in [2.24, 2.45) is 0 Å². The summed E-state index contributed by atoms with van der Waals surface area (Å²) >= 11 is 0. The highest BCUT2D eigenvalue weighted by molar-refractivity contribution is 5.96. The third-order valence-corrected chi connectivity index (χ3v) is 4.97. The highest BCUT2D eigenvalue weighted by Gasteiger charge is 2.37. The van der Waals surface area contributed by atoms with Gasteiger partial charge in [0.1, 0.15) is 11.9 Å². The van der Waals surface area contributed by atoms with E-state index in [1.54, 1.807) is 37.1 Å². The molecular formula is C21H24FNO5. The lowest BCUT2D eigenvalue weighted by Gasteiger charge is -2.41. The number of morpholine rings is 1. The van der Waals surface area contributed by atoms with Crippen molar-refractivity contribution in [3.05, 3.63) is 58.9 Å². The maximum Gasteiger partial charge on any atom is 0.254 e. The first kappa shape index (κ1) is 20.1. The Balaban J connectivity index is 2.04. The van der Waals surface area contributed by atoms with E-state index >= 15 is 0 Å². The maximum atomic E-state index is 13.8. The first-order chi connectivity index (χ1) is 13.5. The Bertz CT molecular complexity index is 857. The quantitative estimate of drug-likeness (QED) is 0.852. The van der Waals surface area contributed by atoms with Crippen LogP contribution in [0.5, 0.6) is 11.5 Å². The molecule has 1 N–H and O–H groups in total. The molecule has 28 heavy (non-hydrogen) atoms. The molecule has 7 heteroatoms. The number of amides is 1. The Morgan fingerprint density at radius 3 is 2.64 bits per heavy atom. The summed E-state index contributed by atoms with van der Waals surface area (Å²) in [4.78, 5) is 14.9. The average Bonchev–Trinajstić information content (AvgIpc) is 2.73. The van der Waals surface area contributed by atoms with Gasteiger partial charge < -0.3 is 24.2 Å². The Labute approximate surface area is 163 Å². The molecule has 3 rings (SSSR count). The lowest BCUT2D eigenvalue weighted by molar-refractivity contribution is -0.0812. The highest BCUT2D eigenvalue weighted by atomic mass is 19.1. The number of nitrogens with zero attached hydrogens (tertiary/aromatic N) is 1. The summed E-state index contributed by atoms with van der Waals surface area (Å²) in [5.74, 6) is 0.293. The van der Waals surface area contributed by atoms with Crippen LogP contribution in [0.15, 0.2) is 36.4 Å². The van der Waals surface area contributed by atoms with Gasteiger partial charge in [0.25, 0.3) is 5.91 Å². The van der Waals surface area contributed by atoms with E-state index in [0.29, 0.717) is 29.2 Å². The van der Waals surface area contributed by atoms with Crippen LogP contribution in [0.1, 0.15) is 27.5 Å². The molecule has 2 aromatic rings. The number of carbonyl (C=O) groups is 1. The molecule has 2 atom stereocenters. The Hall–Kier alpha value is -2.64. The summed E-state index contributed by atoms with van der Waals surface area (Å²) in [6, 6.07) is 8.92. The second-order valence-electron chi connectivity index (χ2n) is 6.61. The largest absolute Gasteiger partial charge is 0.493 e. The van der Waals surface area contributed by atoms with Gasteiger partial charge in [0.15, 0.2) is 11.5 Å². The van der Waals surface area contributed by atoms with Crippen molar-refractivity contribution in [1.29, 1.82) is 0 Å². The SMILES string of the molecule is COc1ccc([C@@H]2[C@@H](CO)OCCN2C(=O)c2cc(F)ccc2C)cc1OC. The fourth-order valence-corrected chi connectivity index (χ4v) is 3.52. The molecule has 0 aliphatic carbocycles. The predicted molar refractivity (Wildman–Crippen MR) is 101 cm³/mol. The summed E-state index contributed by atoms with van der Waals surface area (Å²) in [6.07, 6.45) is -0.607. The summed E-state index contributed by atoms with van der Waals surface area (Å²) in [7, 11) is 3.07. The molecule has 1 amide bonds. The van der Waals surface area contributed by atoms with Crippen LogP contribution in [-0.2, 0) is 4.74 Å². The Kier molecular flexibility index (Phi) is 6.16. The second-order valence-corrected chi connectivity index (χ2v) is 6.61. The van der Waals surface area contributed by atoms with Gasteiger partial charge in [-0.15, -0.1) is 0 Å². The fraction of sp³-hybridized carbons (Fsp3) is 0.381.